The van der Waals surface area contributed by atoms with Crippen LogP contribution in [0.3, 0.4) is 0 Å². The molecule has 0 aliphatic heterocycles. The second kappa shape index (κ2) is 124. The summed E-state index contributed by atoms with van der Waals surface area (Å²) in [5, 5.41) is 23.6. The Morgan fingerprint density at radius 3 is 1.05 bits per heavy atom. The summed E-state index contributed by atoms with van der Waals surface area (Å²) in [6, 6.07) is 53.8. The number of aromatic nitrogens is 6. The molecule has 0 spiro atoms. The van der Waals surface area contributed by atoms with Crippen molar-refractivity contribution in [2.75, 3.05) is 17.2 Å². The number of H-pyrrole nitrogens is 1. The number of aryl methyl sites for hydroxylation is 8. The number of para-hydroxylation sites is 6. The molecule has 0 aliphatic rings. The number of halogens is 1. The van der Waals surface area contributed by atoms with E-state index in [1.165, 1.54) is 38.9 Å². The number of aromatic amines is 1. The van der Waals surface area contributed by atoms with Gasteiger partial charge in [-0.2, -0.15) is 6.92 Å². The minimum Gasteiger partial charge on any atom is -0.570 e. The molecule has 0 aliphatic carbocycles. The van der Waals surface area contributed by atoms with Crippen molar-refractivity contribution >= 4 is 122 Å². The monoisotopic (exact) mass is 2490 g/mol. The molecule has 0 atom stereocenters. The van der Waals surface area contributed by atoms with E-state index < -0.39 is 11.9 Å². The molecular formula is C90H137IN14O6SV2Y8-10. The average molecular weight is 2490 g/mol. The van der Waals surface area contributed by atoms with Gasteiger partial charge in [0.15, 0.2) is 5.78 Å². The number of nitrogens with zero attached hydrogens (tertiary/aromatic N) is 6. The van der Waals surface area contributed by atoms with Gasteiger partial charge in [0, 0.05) is 343 Å². The van der Waals surface area contributed by atoms with E-state index in [9.17, 15) is 19.2 Å². The van der Waals surface area contributed by atoms with Crippen molar-refractivity contribution in [3.8, 4) is 11.3 Å². The molecule has 3 aromatic heterocycles. The third-order valence-corrected chi connectivity index (χ3v) is 12.5. The van der Waals surface area contributed by atoms with E-state index in [0.717, 1.165) is 72.1 Å². The topological polar surface area (TPSA) is 390 Å². The van der Waals surface area contributed by atoms with E-state index >= 15 is 0 Å². The van der Waals surface area contributed by atoms with Crippen LogP contribution in [-0.4, -0.2) is 70.8 Å². The fraction of sp³-hybridized carbons (Fsp3) is 0.278. The number of thiocarbonyl (C=S) groups is 1. The molecule has 0 fully saturated rings. The molecule has 11 aromatic rings. The first-order valence-corrected chi connectivity index (χ1v) is 32.9. The summed E-state index contributed by atoms with van der Waals surface area (Å²) in [5.74, 6) is -1.44. The van der Waals surface area contributed by atoms with Gasteiger partial charge in [0.05, 0.1) is 11.1 Å². The Hall–Kier alpha value is -1.16. The standard InChI is InChI=1S/C15H11N2.C10H9N2.C9H7N2O.C9H11NO.C8H10N2O.C8H9NO2.C7H8.C2H4N.5C2H6.CH3NO.CH2NS.CN.5CH4.4CH3.HI.2V.8Y/c1-11-6-5-9-13-14(11)16-10-17-15(13)12-7-3-2-4-8-12;1-7-4-3-5-9-8(2)11-6-12-10(7)9;1-6-3-2-4-7-8(6)10-5-11-9(7)12;1-6-4-3-5-8(7(2)11)9(6)10;2*1-5-3-2-4-6(7(5)9)8(10)11;1-7-5-3-2-4-6-7;1-2-3;5*1-2;2*2-1-3;1-2;;;;;;;;;;;;;;;;;;;;/h2-9H,1H3;3-5H,1-2H3;2-4H,1H3,(H,10,11,12);3-5H,10H2,1-2H3;2-4H,9H2,1H3,(H2,10,11);2-4H,9H2,1H3,(H,10,11);2-6H,1H3;3H,1H3;5*1-2H3;1H,(H2,2,3);(H2,2,3);;5*1H4;4*1H3;1H;;;;;;;;;;/q3*-1;;;;;-1;;;;;;;2*-1;;;;;;4*-1;;;;;;;;;;;/i;;;;;;;;;;;;;;;;2*1T;;;;;;;;;;;;;;;;;;. The van der Waals surface area contributed by atoms with Gasteiger partial charge in [-0.05, 0) is 118 Å². The summed E-state index contributed by atoms with van der Waals surface area (Å²) in [6.07, 6.45) is 10.1. The predicted octanol–water partition coefficient (Wildman–Crippen LogP) is 22.4. The summed E-state index contributed by atoms with van der Waals surface area (Å²) in [7, 11) is 2.50. The summed E-state index contributed by atoms with van der Waals surface area (Å²) >= 11 is 3.92. The smallest absolute Gasteiger partial charge is 0.337 e. The number of fused-ring (bicyclic) bond motifs is 3. The number of Topliss-reactive ketones (excluding diaryl/α,β-unsaturated/α-hetero) is 1. The Bertz CT molecular complexity index is 4110. The van der Waals surface area contributed by atoms with Crippen LogP contribution in [0.25, 0.3) is 44.0 Å². The van der Waals surface area contributed by atoms with Crippen LogP contribution in [0.1, 0.15) is 199 Å². The third-order valence-electron chi connectivity index (χ3n) is 12.5. The van der Waals surface area contributed by atoms with Crippen molar-refractivity contribution in [2.24, 2.45) is 17.2 Å². The van der Waals surface area contributed by atoms with Crippen LogP contribution in [0.5, 0.6) is 0 Å². The molecule has 660 valence electrons. The molecule has 0 unspecified atom stereocenters. The number of hydrogen-bond acceptors (Lipinski definition) is 16. The number of primary amides is 2. The third kappa shape index (κ3) is 78.7. The van der Waals surface area contributed by atoms with Crippen molar-refractivity contribution in [3.63, 3.8) is 0 Å². The molecular weight excluding hydrogens is 2350 g/mol. The van der Waals surface area contributed by atoms with Crippen LogP contribution < -0.4 is 40.0 Å². The number of benzene rings is 8. The minimum absolute atomic E-state index is 0. The fourth-order valence-electron chi connectivity index (χ4n) is 7.79. The van der Waals surface area contributed by atoms with E-state index in [2.05, 4.69) is 123 Å². The predicted molar refractivity (Wildman–Crippen MR) is 503 cm³/mol. The zero-order valence-corrected chi connectivity index (χ0v) is 103. The number of nitrogens with one attached hydrogen (secondary N) is 2. The van der Waals surface area contributed by atoms with Gasteiger partial charge < -0.3 is 145 Å². The summed E-state index contributed by atoms with van der Waals surface area (Å²) in [5.41, 5.74) is 47.7. The second-order valence-electron chi connectivity index (χ2n) is 19.0. The number of carbonyl (C=O) groups is 4. The molecule has 32 heteroatoms. The number of carboxylic acid groups (broad SMARTS) is 1. The maximum atomic E-state index is 11.2. The number of carboxylic acids is 1. The normalized spacial score (nSPS) is 7.31. The Balaban J connectivity index is -0.0000000377. The zero-order valence-electron chi connectivity index (χ0n) is 76.7. The van der Waals surface area contributed by atoms with Gasteiger partial charge in [-0.15, -0.1) is 24.0 Å². The fourth-order valence-corrected chi connectivity index (χ4v) is 7.79. The molecule has 0 bridgehead atoms. The number of carbonyl (C=O) groups excluding carboxylic acids is 3. The van der Waals surface area contributed by atoms with Gasteiger partial charge in [0.1, 0.15) is 5.56 Å². The minimum atomic E-state index is -0.980. The van der Waals surface area contributed by atoms with Crippen LogP contribution in [0.4, 0.5) is 17.1 Å². The Labute approximate surface area is 990 Å². The Morgan fingerprint density at radius 2 is 0.762 bits per heavy atom. The van der Waals surface area contributed by atoms with Crippen LogP contribution in [0, 0.1) is 121 Å². The number of anilines is 3. The molecule has 8 aromatic carbocycles. The summed E-state index contributed by atoms with van der Waals surface area (Å²) in [4.78, 5) is 74.9. The van der Waals surface area contributed by atoms with E-state index in [-0.39, 0.29) is 398 Å². The Kier molecular flexibility index (Phi) is 184. The summed E-state index contributed by atoms with van der Waals surface area (Å²) in [6.45, 7) is 43.4. The largest absolute Gasteiger partial charge is 0.570 e. The molecule has 2 amide bonds. The molecule has 15 N–H and O–H groups in total. The molecule has 0 saturated heterocycles. The molecule has 20 nitrogen and oxygen atoms in total. The second-order valence-corrected chi connectivity index (χ2v) is 19.3. The maximum absolute atomic E-state index is 11.2. The number of amides is 2. The van der Waals surface area contributed by atoms with Gasteiger partial charge >= 0.3 is 5.97 Å². The first-order valence-electron chi connectivity index (χ1n) is 34.5. The van der Waals surface area contributed by atoms with Crippen molar-refractivity contribution < 1.29 is 326 Å². The molecule has 3 heterocycles. The maximum Gasteiger partial charge on any atom is 0.337 e. The van der Waals surface area contributed by atoms with Crippen LogP contribution >= 0.6 is 36.2 Å². The van der Waals surface area contributed by atoms with Crippen molar-refractivity contribution in [2.45, 2.75) is 176 Å². The number of nitrogen functional groups attached to an aromatic ring is 3. The van der Waals surface area contributed by atoms with Crippen molar-refractivity contribution in [3.05, 3.63) is 297 Å². The molecule has 0 saturated carbocycles. The quantitative estimate of drug-likeness (QED) is 0.0115. The number of rotatable bonds is 4. The van der Waals surface area contributed by atoms with Crippen molar-refractivity contribution in [1.82, 2.24) is 29.9 Å². The first-order chi connectivity index (χ1) is 50.9. The van der Waals surface area contributed by atoms with Gasteiger partial charge in [0.25, 0.3) is 5.91 Å². The van der Waals surface area contributed by atoms with Gasteiger partial charge in [-0.1, -0.05) is 309 Å². The van der Waals surface area contributed by atoms with E-state index in [1.807, 2.05) is 207 Å². The summed E-state index contributed by atoms with van der Waals surface area (Å²) < 4.78 is 11.5. The molecule has 11 rings (SSSR count). The van der Waals surface area contributed by atoms with Crippen LogP contribution in [0.15, 0.2) is 175 Å². The molecule has 10 radical (unpaired) electrons. The molecule has 122 heavy (non-hydrogen) atoms. The van der Waals surface area contributed by atoms with Gasteiger partial charge in [-0.3, -0.25) is 14.4 Å². The van der Waals surface area contributed by atoms with Gasteiger partial charge in [0.2, 0.25) is 6.41 Å². The van der Waals surface area contributed by atoms with E-state index in [0.29, 0.717) is 33.6 Å². The Morgan fingerprint density at radius 1 is 0.492 bits per heavy atom. The SMILES string of the molecule is C.C.C.CC.CC.CC.CC.CC.CC(=O)c1cccc(C)c1N.C[C-]=N.Cc1cccc(C(=O)O)c1N.Cc1cccc(C(N)=O)c1N.Cc1cccc2c(-c3ccccc3)n[c-]nc12.Cc1cccc2c(=O)[nH][c-]nc12.Cc1ccccc1.Cc1n[c-]nc2c(C)cccc12.I.NC=O.N[C-]=S.[3H]C.[3H]C.[C-]#N.[CH3-].[CH3-].[CH3-].[CH3-].[V].[V].[Y].[Y].[Y].[Y].[Y].[Y].[Y].[Y]. The number of nitrogens with two attached hydrogens (primary N) is 6. The van der Waals surface area contributed by atoms with Crippen molar-refractivity contribution in [1.29, 1.82) is 10.7 Å². The zero-order chi connectivity index (χ0) is 83.3. The number of aromatic carboxylic acids is 1. The van der Waals surface area contributed by atoms with E-state index in [1.54, 1.807) is 50.2 Å². The average Bonchev–Trinajstić information content (AvgIpc) is 0.805. The number of hydrogen-bond donors (Lipinski definition) is 9. The van der Waals surface area contributed by atoms with Gasteiger partial charge in [-0.25, -0.2) is 4.79 Å². The van der Waals surface area contributed by atoms with Crippen LogP contribution in [-0.2, 0) is 304 Å². The number of ketones is 1. The first kappa shape index (κ1) is 181. The van der Waals surface area contributed by atoms with Crippen LogP contribution in [0.2, 0.25) is 0 Å². The van der Waals surface area contributed by atoms with E-state index in [4.69, 9.17) is 52.8 Å².